The fraction of sp³-hybridized carbons (Fsp3) is 0.125. The Bertz CT molecular complexity index is 790. The standard InChI is InChI=1S/C16H14N2O2/c1-11-6-16-17-15(9-18(16)8-13(11)10-19)12-4-3-5-14(7-12)20-2/h3-10H,1-2H3. The van der Waals surface area contributed by atoms with E-state index in [2.05, 4.69) is 4.98 Å². The molecule has 20 heavy (non-hydrogen) atoms. The van der Waals surface area contributed by atoms with E-state index in [9.17, 15) is 4.79 Å². The molecule has 4 heteroatoms. The Morgan fingerprint density at radius 1 is 1.25 bits per heavy atom. The van der Waals surface area contributed by atoms with Crippen LogP contribution in [0.1, 0.15) is 15.9 Å². The van der Waals surface area contributed by atoms with Gasteiger partial charge < -0.3 is 9.14 Å². The number of ether oxygens (including phenoxy) is 1. The number of methoxy groups -OCH3 is 1. The van der Waals surface area contributed by atoms with Crippen LogP contribution in [0.2, 0.25) is 0 Å². The van der Waals surface area contributed by atoms with Gasteiger partial charge in [0.2, 0.25) is 0 Å². The zero-order valence-corrected chi connectivity index (χ0v) is 11.3. The summed E-state index contributed by atoms with van der Waals surface area (Å²) < 4.78 is 7.09. The number of imidazole rings is 1. The number of aryl methyl sites for hydroxylation is 1. The molecule has 0 aliphatic rings. The number of benzene rings is 1. The third-order valence-corrected chi connectivity index (χ3v) is 3.33. The summed E-state index contributed by atoms with van der Waals surface area (Å²) in [5.41, 5.74) is 4.26. The molecule has 2 heterocycles. The van der Waals surface area contributed by atoms with E-state index in [0.29, 0.717) is 5.56 Å². The molecule has 100 valence electrons. The zero-order valence-electron chi connectivity index (χ0n) is 11.3. The normalized spacial score (nSPS) is 10.7. The first-order valence-electron chi connectivity index (χ1n) is 6.30. The van der Waals surface area contributed by atoms with Crippen LogP contribution >= 0.6 is 0 Å². The highest BCUT2D eigenvalue weighted by molar-refractivity contribution is 5.78. The van der Waals surface area contributed by atoms with Gasteiger partial charge in [-0.1, -0.05) is 12.1 Å². The average molecular weight is 266 g/mol. The number of aldehydes is 1. The van der Waals surface area contributed by atoms with Crippen molar-refractivity contribution in [1.29, 1.82) is 0 Å². The monoisotopic (exact) mass is 266 g/mol. The molecule has 0 saturated carbocycles. The molecule has 1 aromatic carbocycles. The van der Waals surface area contributed by atoms with Crippen LogP contribution in [0.5, 0.6) is 5.75 Å². The van der Waals surface area contributed by atoms with E-state index in [-0.39, 0.29) is 0 Å². The van der Waals surface area contributed by atoms with Crippen molar-refractivity contribution < 1.29 is 9.53 Å². The summed E-state index contributed by atoms with van der Waals surface area (Å²) in [7, 11) is 1.64. The number of carbonyl (C=O) groups excluding carboxylic acids is 1. The third-order valence-electron chi connectivity index (χ3n) is 3.33. The molecule has 4 nitrogen and oxygen atoms in total. The minimum Gasteiger partial charge on any atom is -0.497 e. The van der Waals surface area contributed by atoms with Crippen molar-refractivity contribution in [2.24, 2.45) is 0 Å². The number of carbonyl (C=O) groups is 1. The molecule has 2 aromatic heterocycles. The topological polar surface area (TPSA) is 43.6 Å². The first kappa shape index (κ1) is 12.4. The highest BCUT2D eigenvalue weighted by atomic mass is 16.5. The van der Waals surface area contributed by atoms with Crippen molar-refractivity contribution in [3.63, 3.8) is 0 Å². The molecule has 0 atom stereocenters. The summed E-state index contributed by atoms with van der Waals surface area (Å²) in [4.78, 5) is 15.6. The molecule has 0 amide bonds. The highest BCUT2D eigenvalue weighted by Gasteiger charge is 2.07. The Balaban J connectivity index is 2.14. The molecule has 0 radical (unpaired) electrons. The smallest absolute Gasteiger partial charge is 0.151 e. The van der Waals surface area contributed by atoms with Crippen molar-refractivity contribution in [1.82, 2.24) is 9.38 Å². The predicted octanol–water partition coefficient (Wildman–Crippen LogP) is 3.13. The van der Waals surface area contributed by atoms with Gasteiger partial charge in [0, 0.05) is 23.5 Å². The maximum Gasteiger partial charge on any atom is 0.151 e. The second-order valence-electron chi connectivity index (χ2n) is 4.65. The van der Waals surface area contributed by atoms with Crippen LogP contribution in [-0.4, -0.2) is 22.8 Å². The van der Waals surface area contributed by atoms with Crippen LogP contribution in [0.3, 0.4) is 0 Å². The highest BCUT2D eigenvalue weighted by Crippen LogP contribution is 2.24. The molecule has 0 unspecified atom stereocenters. The van der Waals surface area contributed by atoms with E-state index < -0.39 is 0 Å². The molecule has 0 spiro atoms. The maximum absolute atomic E-state index is 11.0. The van der Waals surface area contributed by atoms with E-state index in [4.69, 9.17) is 4.74 Å². The van der Waals surface area contributed by atoms with E-state index in [1.54, 1.807) is 13.3 Å². The number of pyridine rings is 1. The lowest BCUT2D eigenvalue weighted by atomic mass is 10.1. The predicted molar refractivity (Wildman–Crippen MR) is 77.3 cm³/mol. The van der Waals surface area contributed by atoms with Crippen LogP contribution in [0.15, 0.2) is 42.7 Å². The molecule has 0 bridgehead atoms. The number of aromatic nitrogens is 2. The van der Waals surface area contributed by atoms with Crippen LogP contribution in [0, 0.1) is 6.92 Å². The molecule has 0 N–H and O–H groups in total. The fourth-order valence-corrected chi connectivity index (χ4v) is 2.19. The quantitative estimate of drug-likeness (QED) is 0.684. The van der Waals surface area contributed by atoms with Gasteiger partial charge in [-0.3, -0.25) is 4.79 Å². The summed E-state index contributed by atoms with van der Waals surface area (Å²) >= 11 is 0. The SMILES string of the molecule is COc1cccc(-c2cn3cc(C=O)c(C)cc3n2)c1. The van der Waals surface area contributed by atoms with Crippen molar-refractivity contribution in [3.05, 3.63) is 53.9 Å². The summed E-state index contributed by atoms with van der Waals surface area (Å²) in [6.45, 7) is 1.91. The largest absolute Gasteiger partial charge is 0.497 e. The molecule has 0 saturated heterocycles. The molecule has 0 aliphatic heterocycles. The van der Waals surface area contributed by atoms with Gasteiger partial charge in [0.15, 0.2) is 6.29 Å². The van der Waals surface area contributed by atoms with Crippen LogP contribution in [0.25, 0.3) is 16.9 Å². The second-order valence-corrected chi connectivity index (χ2v) is 4.65. The van der Waals surface area contributed by atoms with E-state index in [1.807, 2.05) is 47.9 Å². The van der Waals surface area contributed by atoms with E-state index >= 15 is 0 Å². The van der Waals surface area contributed by atoms with Gasteiger partial charge in [0.05, 0.1) is 12.8 Å². The van der Waals surface area contributed by atoms with Crippen molar-refractivity contribution in [2.45, 2.75) is 6.92 Å². The summed E-state index contributed by atoms with van der Waals surface area (Å²) in [5, 5.41) is 0. The molecular formula is C16H14N2O2. The Morgan fingerprint density at radius 2 is 2.10 bits per heavy atom. The summed E-state index contributed by atoms with van der Waals surface area (Å²) in [5.74, 6) is 0.796. The Hall–Kier alpha value is -2.62. The number of rotatable bonds is 3. The van der Waals surface area contributed by atoms with Crippen molar-refractivity contribution >= 4 is 11.9 Å². The molecular weight excluding hydrogens is 252 g/mol. The lowest BCUT2D eigenvalue weighted by Crippen LogP contribution is -1.91. The van der Waals surface area contributed by atoms with Gasteiger partial charge >= 0.3 is 0 Å². The maximum atomic E-state index is 11.0. The van der Waals surface area contributed by atoms with Gasteiger partial charge in [-0.2, -0.15) is 0 Å². The Kier molecular flexibility index (Phi) is 2.99. The molecule has 3 aromatic rings. The van der Waals surface area contributed by atoms with Gasteiger partial charge in [-0.15, -0.1) is 0 Å². The fourth-order valence-electron chi connectivity index (χ4n) is 2.19. The van der Waals surface area contributed by atoms with Crippen molar-refractivity contribution in [2.75, 3.05) is 7.11 Å². The third kappa shape index (κ3) is 2.05. The summed E-state index contributed by atoms with van der Waals surface area (Å²) in [6, 6.07) is 9.66. The van der Waals surface area contributed by atoms with Crippen LogP contribution in [-0.2, 0) is 0 Å². The molecule has 0 fully saturated rings. The van der Waals surface area contributed by atoms with Gasteiger partial charge in [-0.25, -0.2) is 4.98 Å². The minimum absolute atomic E-state index is 0.673. The van der Waals surface area contributed by atoms with Crippen molar-refractivity contribution in [3.8, 4) is 17.0 Å². The molecule has 0 aliphatic carbocycles. The lowest BCUT2D eigenvalue weighted by molar-refractivity contribution is 0.112. The lowest BCUT2D eigenvalue weighted by Gasteiger charge is -2.00. The van der Waals surface area contributed by atoms with Crippen LogP contribution < -0.4 is 4.74 Å². The van der Waals surface area contributed by atoms with Gasteiger partial charge in [-0.05, 0) is 30.7 Å². The zero-order chi connectivity index (χ0) is 14.1. The van der Waals surface area contributed by atoms with Gasteiger partial charge in [0.25, 0.3) is 0 Å². The van der Waals surface area contributed by atoms with Gasteiger partial charge in [0.1, 0.15) is 11.4 Å². The minimum atomic E-state index is 0.673. The number of hydrogen-bond donors (Lipinski definition) is 0. The number of hydrogen-bond acceptors (Lipinski definition) is 3. The molecule has 3 rings (SSSR count). The Morgan fingerprint density at radius 3 is 2.85 bits per heavy atom. The van der Waals surface area contributed by atoms with Crippen LogP contribution in [0.4, 0.5) is 0 Å². The second kappa shape index (κ2) is 4.81. The average Bonchev–Trinajstić information content (AvgIpc) is 2.89. The number of nitrogens with zero attached hydrogens (tertiary/aromatic N) is 2. The Labute approximate surface area is 116 Å². The van der Waals surface area contributed by atoms with E-state index in [1.165, 1.54) is 0 Å². The summed E-state index contributed by atoms with van der Waals surface area (Å²) in [6.07, 6.45) is 4.57. The first-order chi connectivity index (χ1) is 9.71. The first-order valence-corrected chi connectivity index (χ1v) is 6.30. The number of fused-ring (bicyclic) bond motifs is 1. The van der Waals surface area contributed by atoms with E-state index in [0.717, 1.165) is 34.5 Å².